The van der Waals surface area contributed by atoms with Crippen molar-refractivity contribution in [1.82, 2.24) is 5.32 Å². The average Bonchev–Trinajstić information content (AvgIpc) is 3.35. The fourth-order valence-electron chi connectivity index (χ4n) is 5.58. The fourth-order valence-corrected chi connectivity index (χ4v) is 5.58. The number of benzene rings is 4. The Bertz CT molecular complexity index is 2320. The van der Waals surface area contributed by atoms with Crippen molar-refractivity contribution in [1.29, 1.82) is 0 Å². The van der Waals surface area contributed by atoms with E-state index < -0.39 is 205 Å². The first-order valence-corrected chi connectivity index (χ1v) is 19.9. The van der Waals surface area contributed by atoms with Gasteiger partial charge in [0, 0.05) is 12.8 Å². The summed E-state index contributed by atoms with van der Waals surface area (Å²) in [5, 5.41) is 2.38. The van der Waals surface area contributed by atoms with Crippen LogP contribution in [0, 0.1) is 87.3 Å². The highest BCUT2D eigenvalue weighted by Gasteiger charge is 2.36. The van der Waals surface area contributed by atoms with Gasteiger partial charge < -0.3 is 38.5 Å². The summed E-state index contributed by atoms with van der Waals surface area (Å²) in [4.78, 5) is 62.9. The zero-order chi connectivity index (χ0) is 52.7. The van der Waals surface area contributed by atoms with Crippen LogP contribution in [0.15, 0.2) is 30.3 Å². The van der Waals surface area contributed by atoms with E-state index in [2.05, 4.69) is 19.5 Å². The van der Waals surface area contributed by atoms with Crippen LogP contribution in [0.3, 0.4) is 0 Å². The smallest absolute Gasteiger partial charge is 0.313 e. The van der Waals surface area contributed by atoms with Gasteiger partial charge in [0.05, 0.1) is 58.9 Å². The minimum atomic E-state index is -2.58. The second kappa shape index (κ2) is 25.8. The van der Waals surface area contributed by atoms with E-state index in [1.54, 1.807) is 30.3 Å². The van der Waals surface area contributed by atoms with Gasteiger partial charge in [0.15, 0.2) is 0 Å². The third kappa shape index (κ3) is 15.0. The molecule has 71 heavy (non-hydrogen) atoms. The first kappa shape index (κ1) is 56.6. The highest BCUT2D eigenvalue weighted by Crippen LogP contribution is 2.32. The van der Waals surface area contributed by atoms with E-state index in [9.17, 15) is 89.8 Å². The minimum Gasteiger partial charge on any atom is -0.461 e. The van der Waals surface area contributed by atoms with Crippen molar-refractivity contribution in [3.63, 3.8) is 0 Å². The fraction of sp³-hybridized carbons (Fsp3) is 0.326. The van der Waals surface area contributed by atoms with Crippen LogP contribution in [0.5, 0.6) is 17.2 Å². The molecule has 386 valence electrons. The Balaban J connectivity index is 1.52. The lowest BCUT2D eigenvalue weighted by Crippen LogP contribution is -2.58. The molecule has 0 aliphatic heterocycles. The number of ether oxygens (including phenoxy) is 7. The van der Waals surface area contributed by atoms with Crippen LogP contribution in [0.25, 0.3) is 0 Å². The second-order valence-electron chi connectivity index (χ2n) is 14.4. The Hall–Kier alpha value is -6.94. The van der Waals surface area contributed by atoms with Crippen LogP contribution in [-0.4, -0.2) is 75.0 Å². The summed E-state index contributed by atoms with van der Waals surface area (Å²) in [6.45, 7) is -5.68. The number of hydrogen-bond acceptors (Lipinski definition) is 12. The lowest BCUT2D eigenvalue weighted by Gasteiger charge is -2.34. The summed E-state index contributed by atoms with van der Waals surface area (Å²) in [6, 6.07) is 8.34. The lowest BCUT2D eigenvalue weighted by molar-refractivity contribution is -0.145. The van der Waals surface area contributed by atoms with Crippen LogP contribution in [-0.2, 0) is 49.5 Å². The second-order valence-corrected chi connectivity index (χ2v) is 14.4. The molecule has 0 saturated carbocycles. The van der Waals surface area contributed by atoms with E-state index >= 15 is 0 Å². The molecule has 0 aromatic heterocycles. The lowest BCUT2D eigenvalue weighted by atomic mass is 10.0. The van der Waals surface area contributed by atoms with Crippen molar-refractivity contribution >= 4 is 29.8 Å². The molecule has 0 unspecified atom stereocenters. The van der Waals surface area contributed by atoms with Crippen LogP contribution in [0.1, 0.15) is 44.1 Å². The SMILES string of the molecule is O=C(CCCC(=O)OCc1ccccc1)NC(COCCC(=O)Oc1c(F)c(F)c(F)c(F)c1F)(COCCC(=O)Oc1c(F)c(F)c(F)c(F)c1F)COCCC(=O)Oc1c(F)c(F)c(F)c(F)c1F. The Morgan fingerprint density at radius 1 is 0.394 bits per heavy atom. The Morgan fingerprint density at radius 3 is 1.03 bits per heavy atom. The molecule has 0 fully saturated rings. The minimum absolute atomic E-state index is 0.139. The van der Waals surface area contributed by atoms with Gasteiger partial charge >= 0.3 is 23.9 Å². The van der Waals surface area contributed by atoms with Gasteiger partial charge in [0.25, 0.3) is 0 Å². The van der Waals surface area contributed by atoms with Crippen LogP contribution in [0.4, 0.5) is 65.9 Å². The summed E-state index contributed by atoms with van der Waals surface area (Å²) >= 11 is 0. The largest absolute Gasteiger partial charge is 0.461 e. The molecular weight excluding hydrogens is 1010 g/mol. The van der Waals surface area contributed by atoms with Crippen LogP contribution >= 0.6 is 0 Å². The zero-order valence-corrected chi connectivity index (χ0v) is 35.6. The van der Waals surface area contributed by atoms with Gasteiger partial charge in [-0.05, 0) is 12.0 Å². The first-order valence-electron chi connectivity index (χ1n) is 19.9. The molecule has 0 heterocycles. The van der Waals surface area contributed by atoms with Crippen molar-refractivity contribution in [2.45, 2.75) is 50.7 Å². The molecule has 0 spiro atoms. The van der Waals surface area contributed by atoms with Gasteiger partial charge in [-0.25, -0.2) is 39.5 Å². The molecule has 0 atom stereocenters. The molecular formula is C43H32F15NO12. The van der Waals surface area contributed by atoms with E-state index in [0.717, 1.165) is 0 Å². The van der Waals surface area contributed by atoms with Gasteiger partial charge in [-0.15, -0.1) is 0 Å². The number of amides is 1. The number of esters is 4. The number of carbonyl (C=O) groups is 5. The summed E-state index contributed by atoms with van der Waals surface area (Å²) in [5.41, 5.74) is -1.56. The summed E-state index contributed by atoms with van der Waals surface area (Å²) in [6.07, 6.45) is -4.28. The number of nitrogens with one attached hydrogen (secondary N) is 1. The maximum Gasteiger partial charge on any atom is 0.313 e. The summed E-state index contributed by atoms with van der Waals surface area (Å²) in [7, 11) is 0. The Morgan fingerprint density at radius 2 is 0.704 bits per heavy atom. The van der Waals surface area contributed by atoms with Gasteiger partial charge in [-0.1, -0.05) is 30.3 Å². The monoisotopic (exact) mass is 1040 g/mol. The Kier molecular flexibility index (Phi) is 20.6. The van der Waals surface area contributed by atoms with Crippen LogP contribution < -0.4 is 19.5 Å². The quantitative estimate of drug-likeness (QED) is 0.0171. The van der Waals surface area contributed by atoms with Crippen molar-refractivity contribution in [2.24, 2.45) is 0 Å². The molecule has 13 nitrogen and oxygen atoms in total. The van der Waals surface area contributed by atoms with Gasteiger partial charge in [0.2, 0.25) is 110 Å². The number of carbonyl (C=O) groups excluding carboxylic acids is 5. The van der Waals surface area contributed by atoms with Crippen molar-refractivity contribution < 1.29 is 123 Å². The maximum absolute atomic E-state index is 14.1. The highest BCUT2D eigenvalue weighted by molar-refractivity contribution is 5.78. The standard InChI is InChI=1S/C43H32F15NO12/c44-25-28(47)34(53)40(35(54)29(25)48)69-22(62)9-12-65-16-43(59-20(60)7-4-8-21(61)68-15-19-5-2-1-3-6-19,17-66-13-10-23(63)70-41-36(55)30(49)26(45)31(50)37(41)56)18-67-14-11-24(64)71-42-38(57)32(51)27(46)33(52)39(42)58/h1-3,5-6H,4,7-18H2,(H,59,60). The van der Waals surface area contributed by atoms with E-state index in [-0.39, 0.29) is 19.4 Å². The third-order valence-corrected chi connectivity index (χ3v) is 9.07. The van der Waals surface area contributed by atoms with Gasteiger partial charge in [-0.3, -0.25) is 24.0 Å². The normalized spacial score (nSPS) is 11.4. The molecule has 4 aromatic rings. The predicted octanol–water partition coefficient (Wildman–Crippen LogP) is 7.88. The molecule has 1 amide bonds. The van der Waals surface area contributed by atoms with E-state index in [1.807, 2.05) is 0 Å². The summed E-state index contributed by atoms with van der Waals surface area (Å²) < 4.78 is 241. The topological polar surface area (TPSA) is 162 Å². The maximum atomic E-state index is 14.1. The Labute approximate surface area is 388 Å². The zero-order valence-electron chi connectivity index (χ0n) is 35.6. The number of halogens is 15. The van der Waals surface area contributed by atoms with Crippen molar-refractivity contribution in [2.75, 3.05) is 39.6 Å². The molecule has 0 saturated heterocycles. The summed E-state index contributed by atoms with van der Waals surface area (Å²) in [5.74, 6) is -50.4. The molecule has 0 bridgehead atoms. The number of hydrogen-bond donors (Lipinski definition) is 1. The first-order chi connectivity index (χ1) is 33.5. The van der Waals surface area contributed by atoms with Gasteiger partial charge in [-0.2, -0.15) is 26.3 Å². The third-order valence-electron chi connectivity index (χ3n) is 9.07. The molecule has 0 radical (unpaired) electrons. The molecule has 28 heteroatoms. The predicted molar refractivity (Wildman–Crippen MR) is 203 cm³/mol. The van der Waals surface area contributed by atoms with Crippen molar-refractivity contribution in [3.8, 4) is 17.2 Å². The molecule has 0 aliphatic rings. The average molecular weight is 1040 g/mol. The van der Waals surface area contributed by atoms with E-state index in [1.165, 1.54) is 0 Å². The molecule has 1 N–H and O–H groups in total. The number of rotatable bonds is 25. The van der Waals surface area contributed by atoms with Gasteiger partial charge in [0.1, 0.15) is 12.1 Å². The van der Waals surface area contributed by atoms with Crippen molar-refractivity contribution in [3.05, 3.63) is 123 Å². The molecule has 0 aliphatic carbocycles. The van der Waals surface area contributed by atoms with E-state index in [4.69, 9.17) is 18.9 Å². The molecule has 4 rings (SSSR count). The van der Waals surface area contributed by atoms with E-state index in [0.29, 0.717) is 5.56 Å². The molecule has 4 aromatic carbocycles. The van der Waals surface area contributed by atoms with Crippen LogP contribution in [0.2, 0.25) is 0 Å². The highest BCUT2D eigenvalue weighted by atomic mass is 19.2.